The predicted octanol–water partition coefficient (Wildman–Crippen LogP) is -3.23. The van der Waals surface area contributed by atoms with Gasteiger partial charge in [0.2, 0.25) is 0 Å². The molecule has 0 amide bonds. The fourth-order valence-corrected chi connectivity index (χ4v) is 1.08. The van der Waals surface area contributed by atoms with Crippen LogP contribution >= 0.6 is 0 Å². The van der Waals surface area contributed by atoms with E-state index in [1.807, 2.05) is 0 Å². The normalized spacial score (nSPS) is 9.56. The maximum Gasteiger partial charge on any atom is 1.00 e. The van der Waals surface area contributed by atoms with Gasteiger partial charge in [-0.25, -0.2) is 9.07 Å². The number of aromatic carboxylic acids is 1. The van der Waals surface area contributed by atoms with Crippen LogP contribution in [-0.2, 0) is 0 Å². The van der Waals surface area contributed by atoms with Crippen molar-refractivity contribution in [3.8, 4) is 5.69 Å². The van der Waals surface area contributed by atoms with Crippen LogP contribution in [0, 0.1) is 5.82 Å². The van der Waals surface area contributed by atoms with E-state index in [-0.39, 0.29) is 41.1 Å². The first-order chi connectivity index (χ1) is 7.16. The molecule has 2 aromatic rings. The molecule has 0 unspecified atom stereocenters. The molecular formula is C9H5FN3NaO2. The molecule has 1 aromatic heterocycles. The number of carbonyl (C=O) groups excluding carboxylic acids is 1. The van der Waals surface area contributed by atoms with Crippen molar-refractivity contribution in [1.82, 2.24) is 15.0 Å². The number of hydrogen-bond acceptors (Lipinski definition) is 4. The number of nitrogens with zero attached hydrogens (tertiary/aromatic N) is 3. The van der Waals surface area contributed by atoms with E-state index in [0.717, 1.165) is 0 Å². The molecular weight excluding hydrogens is 224 g/mol. The van der Waals surface area contributed by atoms with E-state index >= 15 is 0 Å². The van der Waals surface area contributed by atoms with Gasteiger partial charge < -0.3 is 9.90 Å². The van der Waals surface area contributed by atoms with Gasteiger partial charge in [0, 0.05) is 0 Å². The number of aromatic nitrogens is 3. The van der Waals surface area contributed by atoms with Crippen molar-refractivity contribution in [1.29, 1.82) is 0 Å². The van der Waals surface area contributed by atoms with Crippen LogP contribution in [0.3, 0.4) is 0 Å². The van der Waals surface area contributed by atoms with Gasteiger partial charge >= 0.3 is 29.6 Å². The number of carbonyl (C=O) groups is 1. The first-order valence-corrected chi connectivity index (χ1v) is 4.06. The Morgan fingerprint density at radius 1 is 1.31 bits per heavy atom. The van der Waals surface area contributed by atoms with Crippen LogP contribution in [0.25, 0.3) is 5.69 Å². The first kappa shape index (κ1) is 12.8. The molecule has 1 heterocycles. The van der Waals surface area contributed by atoms with Gasteiger partial charge in [0.15, 0.2) is 0 Å². The Bertz CT molecular complexity index is 498. The van der Waals surface area contributed by atoms with Gasteiger partial charge in [-0.15, -0.1) is 5.10 Å². The molecule has 0 aliphatic heterocycles. The van der Waals surface area contributed by atoms with E-state index in [2.05, 4.69) is 10.3 Å². The van der Waals surface area contributed by atoms with Crippen molar-refractivity contribution in [2.45, 2.75) is 0 Å². The summed E-state index contributed by atoms with van der Waals surface area (Å²) in [5.74, 6) is -1.78. The molecule has 0 spiro atoms. The van der Waals surface area contributed by atoms with Crippen molar-refractivity contribution >= 4 is 5.97 Å². The Morgan fingerprint density at radius 2 is 1.94 bits per heavy atom. The second kappa shape index (κ2) is 5.20. The monoisotopic (exact) mass is 229 g/mol. The maximum atomic E-state index is 12.6. The smallest absolute Gasteiger partial charge is 0.543 e. The summed E-state index contributed by atoms with van der Waals surface area (Å²) in [6.45, 7) is 0. The topological polar surface area (TPSA) is 70.8 Å². The molecule has 7 heteroatoms. The molecule has 0 atom stereocenters. The Hall–Kier alpha value is -1.24. The Labute approximate surface area is 112 Å². The minimum Gasteiger partial charge on any atom is -0.543 e. The summed E-state index contributed by atoms with van der Waals surface area (Å²) < 4.78 is 13.8. The fraction of sp³-hybridized carbons (Fsp3) is 0. The molecule has 0 saturated heterocycles. The summed E-state index contributed by atoms with van der Waals surface area (Å²) in [4.78, 5) is 10.4. The zero-order chi connectivity index (χ0) is 10.8. The number of carboxylic acids is 1. The quantitative estimate of drug-likeness (QED) is 0.508. The van der Waals surface area contributed by atoms with Gasteiger partial charge in [0.05, 0.1) is 17.9 Å². The minimum absolute atomic E-state index is 0. The largest absolute Gasteiger partial charge is 1.00 e. The molecule has 0 N–H and O–H groups in total. The Kier molecular flexibility index (Phi) is 4.17. The number of rotatable bonds is 2. The summed E-state index contributed by atoms with van der Waals surface area (Å²) >= 11 is 0. The molecule has 16 heavy (non-hydrogen) atoms. The number of carboxylic acid groups (broad SMARTS) is 1. The van der Waals surface area contributed by atoms with Crippen molar-refractivity contribution in [3.05, 3.63) is 42.0 Å². The van der Waals surface area contributed by atoms with E-state index in [4.69, 9.17) is 0 Å². The summed E-state index contributed by atoms with van der Waals surface area (Å²) in [7, 11) is 0. The van der Waals surface area contributed by atoms with E-state index in [0.29, 0.717) is 5.69 Å². The van der Waals surface area contributed by atoms with Crippen molar-refractivity contribution in [2.75, 3.05) is 0 Å². The SMILES string of the molecule is O=C([O-])c1cn(-c2ccc(F)cc2)nn1.[Na+]. The third kappa shape index (κ3) is 2.66. The van der Waals surface area contributed by atoms with Crippen molar-refractivity contribution < 1.29 is 43.8 Å². The average molecular weight is 229 g/mol. The van der Waals surface area contributed by atoms with Crippen LogP contribution in [0.1, 0.15) is 10.5 Å². The number of hydrogen-bond donors (Lipinski definition) is 0. The summed E-state index contributed by atoms with van der Waals surface area (Å²) in [5.41, 5.74) is 0.260. The maximum absolute atomic E-state index is 12.6. The van der Waals surface area contributed by atoms with Crippen molar-refractivity contribution in [3.63, 3.8) is 0 Å². The summed E-state index contributed by atoms with van der Waals surface area (Å²) in [6, 6.07) is 5.41. The van der Waals surface area contributed by atoms with Gasteiger partial charge in [-0.2, -0.15) is 0 Å². The minimum atomic E-state index is -1.40. The molecule has 0 aliphatic rings. The van der Waals surface area contributed by atoms with E-state index < -0.39 is 5.97 Å². The standard InChI is InChI=1S/C9H6FN3O2.Na/c10-6-1-3-7(4-2-6)13-5-8(9(14)15)11-12-13;/h1-5H,(H,14,15);/q;+1/p-1. The van der Waals surface area contributed by atoms with Crippen LogP contribution in [0.4, 0.5) is 4.39 Å². The molecule has 0 saturated carbocycles. The van der Waals surface area contributed by atoms with Crippen LogP contribution in [0.5, 0.6) is 0 Å². The van der Waals surface area contributed by atoms with Crippen LogP contribution in [-0.4, -0.2) is 21.0 Å². The summed E-state index contributed by atoms with van der Waals surface area (Å²) in [5, 5.41) is 17.3. The third-order valence-corrected chi connectivity index (χ3v) is 1.79. The predicted molar refractivity (Wildman–Crippen MR) is 45.6 cm³/mol. The molecule has 0 fully saturated rings. The summed E-state index contributed by atoms with van der Waals surface area (Å²) in [6.07, 6.45) is 1.20. The fourth-order valence-electron chi connectivity index (χ4n) is 1.08. The Morgan fingerprint density at radius 3 is 2.44 bits per heavy atom. The van der Waals surface area contributed by atoms with Gasteiger partial charge in [0.1, 0.15) is 11.5 Å². The second-order valence-corrected chi connectivity index (χ2v) is 2.81. The molecule has 0 radical (unpaired) electrons. The molecule has 5 nitrogen and oxygen atoms in total. The van der Waals surface area contributed by atoms with Gasteiger partial charge in [-0.3, -0.25) is 0 Å². The average Bonchev–Trinajstić information content (AvgIpc) is 2.68. The molecule has 0 bridgehead atoms. The third-order valence-electron chi connectivity index (χ3n) is 1.79. The van der Waals surface area contributed by atoms with E-state index in [1.54, 1.807) is 0 Å². The van der Waals surface area contributed by atoms with Crippen molar-refractivity contribution in [2.24, 2.45) is 0 Å². The van der Waals surface area contributed by atoms with E-state index in [1.165, 1.54) is 35.1 Å². The number of benzene rings is 1. The zero-order valence-electron chi connectivity index (χ0n) is 8.42. The Balaban J connectivity index is 0.00000128. The first-order valence-electron chi connectivity index (χ1n) is 4.06. The van der Waals surface area contributed by atoms with Gasteiger partial charge in [0.25, 0.3) is 0 Å². The van der Waals surface area contributed by atoms with Crippen LogP contribution in [0.2, 0.25) is 0 Å². The number of halogens is 1. The van der Waals surface area contributed by atoms with Gasteiger partial charge in [-0.1, -0.05) is 5.21 Å². The molecule has 2 rings (SSSR count). The molecule has 1 aromatic carbocycles. The molecule has 76 valence electrons. The molecule has 0 aliphatic carbocycles. The van der Waals surface area contributed by atoms with E-state index in [9.17, 15) is 14.3 Å². The second-order valence-electron chi connectivity index (χ2n) is 2.81. The van der Waals surface area contributed by atoms with Gasteiger partial charge in [-0.05, 0) is 24.3 Å². The van der Waals surface area contributed by atoms with Crippen LogP contribution < -0.4 is 34.7 Å². The zero-order valence-corrected chi connectivity index (χ0v) is 10.4. The van der Waals surface area contributed by atoms with Crippen LogP contribution in [0.15, 0.2) is 30.5 Å².